The molecule has 1 aromatic carbocycles. The summed E-state index contributed by atoms with van der Waals surface area (Å²) in [5.41, 5.74) is 1.39. The fourth-order valence-corrected chi connectivity index (χ4v) is 5.41. The van der Waals surface area contributed by atoms with Crippen molar-refractivity contribution in [1.82, 2.24) is 9.97 Å². The van der Waals surface area contributed by atoms with E-state index >= 15 is 0 Å². The van der Waals surface area contributed by atoms with Crippen molar-refractivity contribution < 1.29 is 0 Å². The third-order valence-corrected chi connectivity index (χ3v) is 6.72. The summed E-state index contributed by atoms with van der Waals surface area (Å²) in [6.07, 6.45) is 4.77. The number of hydrogen-bond acceptors (Lipinski definition) is 4. The minimum Gasteiger partial charge on any atom is -0.221 e. The lowest BCUT2D eigenvalue weighted by atomic mass is 9.97. The Morgan fingerprint density at radius 3 is 2.65 bits per heavy atom. The van der Waals surface area contributed by atoms with Crippen molar-refractivity contribution in [3.8, 4) is 0 Å². The summed E-state index contributed by atoms with van der Waals surface area (Å²) in [7, 11) is 0. The van der Waals surface area contributed by atoms with Crippen molar-refractivity contribution in [2.45, 2.75) is 36.3 Å². The molecule has 0 fully saturated rings. The van der Waals surface area contributed by atoms with Crippen LogP contribution in [0.4, 0.5) is 0 Å². The van der Waals surface area contributed by atoms with Crippen LogP contribution in [0.5, 0.6) is 0 Å². The Labute approximate surface area is 153 Å². The fraction of sp³-hybridized carbons (Fsp3) is 0.294. The second-order valence-electron chi connectivity index (χ2n) is 5.56. The van der Waals surface area contributed by atoms with Gasteiger partial charge in [0.15, 0.2) is 0 Å². The topological polar surface area (TPSA) is 25.8 Å². The lowest BCUT2D eigenvalue weighted by Gasteiger charge is -2.10. The molecule has 0 aliphatic heterocycles. The molecule has 1 aliphatic rings. The largest absolute Gasteiger partial charge is 0.221 e. The lowest BCUT2D eigenvalue weighted by Crippen LogP contribution is -1.99. The maximum Gasteiger partial charge on any atom is 0.142 e. The zero-order valence-electron chi connectivity index (χ0n) is 12.3. The van der Waals surface area contributed by atoms with E-state index in [9.17, 15) is 0 Å². The Morgan fingerprint density at radius 2 is 1.83 bits per heavy atom. The highest BCUT2D eigenvalue weighted by atomic mass is 35.5. The molecule has 0 bridgehead atoms. The first-order valence-corrected chi connectivity index (χ1v) is 10.1. The predicted molar refractivity (Wildman–Crippen MR) is 100 cm³/mol. The molecule has 0 amide bonds. The lowest BCUT2D eigenvalue weighted by molar-refractivity contribution is 0.700. The first-order valence-electron chi connectivity index (χ1n) is 7.56. The quantitative estimate of drug-likeness (QED) is 0.401. The predicted octanol–water partition coefficient (Wildman–Crippen LogP) is 6.17. The van der Waals surface area contributed by atoms with Crippen LogP contribution in [-0.4, -0.2) is 9.97 Å². The minimum atomic E-state index is 0.612. The molecular formula is C17H14Cl2N2S2. The van der Waals surface area contributed by atoms with E-state index in [0.29, 0.717) is 10.9 Å². The van der Waals surface area contributed by atoms with E-state index in [1.54, 1.807) is 23.1 Å². The first kappa shape index (κ1) is 15.7. The van der Waals surface area contributed by atoms with Gasteiger partial charge in [0, 0.05) is 14.8 Å². The highest BCUT2D eigenvalue weighted by Gasteiger charge is 2.20. The molecular weight excluding hydrogens is 367 g/mol. The van der Waals surface area contributed by atoms with E-state index in [1.807, 2.05) is 24.3 Å². The molecule has 4 rings (SSSR count). The van der Waals surface area contributed by atoms with Crippen LogP contribution in [0.25, 0.3) is 10.2 Å². The van der Waals surface area contributed by atoms with Gasteiger partial charge in [-0.3, -0.25) is 0 Å². The van der Waals surface area contributed by atoms with Crippen molar-refractivity contribution >= 4 is 56.5 Å². The Kier molecular flexibility index (Phi) is 4.50. The summed E-state index contributed by atoms with van der Waals surface area (Å²) in [6.45, 7) is 0. The number of aryl methyl sites for hydroxylation is 2. The van der Waals surface area contributed by atoms with Crippen molar-refractivity contribution in [3.05, 3.63) is 50.7 Å². The van der Waals surface area contributed by atoms with Crippen molar-refractivity contribution in [1.29, 1.82) is 0 Å². The zero-order valence-corrected chi connectivity index (χ0v) is 15.5. The molecule has 0 spiro atoms. The molecule has 2 heterocycles. The third-order valence-electron chi connectivity index (χ3n) is 4.00. The van der Waals surface area contributed by atoms with Crippen molar-refractivity contribution in [2.75, 3.05) is 0 Å². The number of thioether (sulfide) groups is 1. The standard InChI is InChI=1S/C17H14Cl2N2S2/c18-10-5-7-11(8-6-10)22-9-14-20-16(19)15-12-3-1-2-4-13(12)23-17(15)21-14/h5-8H,1-4,9H2. The molecule has 6 heteroatoms. The van der Waals surface area contributed by atoms with Gasteiger partial charge in [0.25, 0.3) is 0 Å². The number of halogens is 2. The van der Waals surface area contributed by atoms with E-state index in [4.69, 9.17) is 28.2 Å². The smallest absolute Gasteiger partial charge is 0.142 e. The van der Waals surface area contributed by atoms with Gasteiger partial charge in [0.05, 0.1) is 11.1 Å². The molecule has 1 aliphatic carbocycles. The highest BCUT2D eigenvalue weighted by molar-refractivity contribution is 7.98. The van der Waals surface area contributed by atoms with Gasteiger partial charge in [0.1, 0.15) is 15.8 Å². The minimum absolute atomic E-state index is 0.612. The Morgan fingerprint density at radius 1 is 1.04 bits per heavy atom. The van der Waals surface area contributed by atoms with Gasteiger partial charge >= 0.3 is 0 Å². The van der Waals surface area contributed by atoms with Crippen LogP contribution >= 0.6 is 46.3 Å². The second-order valence-corrected chi connectivity index (χ2v) is 8.49. The fourth-order valence-electron chi connectivity index (χ4n) is 2.90. The average Bonchev–Trinajstić information content (AvgIpc) is 2.93. The molecule has 0 saturated carbocycles. The molecule has 0 N–H and O–H groups in total. The monoisotopic (exact) mass is 380 g/mol. The molecule has 118 valence electrons. The van der Waals surface area contributed by atoms with Gasteiger partial charge in [-0.2, -0.15) is 0 Å². The molecule has 0 atom stereocenters. The van der Waals surface area contributed by atoms with Gasteiger partial charge in [-0.05, 0) is 55.5 Å². The normalized spacial score (nSPS) is 14.2. The summed E-state index contributed by atoms with van der Waals surface area (Å²) in [4.78, 5) is 12.9. The van der Waals surface area contributed by atoms with Gasteiger partial charge in [-0.15, -0.1) is 23.1 Å². The van der Waals surface area contributed by atoms with Gasteiger partial charge < -0.3 is 0 Å². The van der Waals surface area contributed by atoms with E-state index in [-0.39, 0.29) is 0 Å². The first-order chi connectivity index (χ1) is 11.2. The van der Waals surface area contributed by atoms with Crippen LogP contribution in [0.15, 0.2) is 29.2 Å². The SMILES string of the molecule is Clc1ccc(SCc2nc(Cl)c3c4c(sc3n2)CCCC4)cc1. The Balaban J connectivity index is 1.62. The van der Waals surface area contributed by atoms with Crippen LogP contribution in [0.2, 0.25) is 10.2 Å². The number of thiophene rings is 1. The molecule has 0 unspecified atom stereocenters. The van der Waals surface area contributed by atoms with Crippen molar-refractivity contribution in [2.24, 2.45) is 0 Å². The molecule has 2 aromatic heterocycles. The number of benzene rings is 1. The van der Waals surface area contributed by atoms with Crippen LogP contribution in [0, 0.1) is 0 Å². The van der Waals surface area contributed by atoms with E-state index in [2.05, 4.69) is 4.98 Å². The van der Waals surface area contributed by atoms with Gasteiger partial charge in [-0.25, -0.2) is 9.97 Å². The molecule has 3 aromatic rings. The summed E-state index contributed by atoms with van der Waals surface area (Å²) in [6, 6.07) is 7.82. The molecule has 0 radical (unpaired) electrons. The number of nitrogens with zero attached hydrogens (tertiary/aromatic N) is 2. The molecule has 23 heavy (non-hydrogen) atoms. The molecule has 2 nitrogen and oxygen atoms in total. The Hall–Kier alpha value is -0.810. The van der Waals surface area contributed by atoms with Crippen LogP contribution in [0.3, 0.4) is 0 Å². The van der Waals surface area contributed by atoms with Crippen LogP contribution < -0.4 is 0 Å². The van der Waals surface area contributed by atoms with Gasteiger partial charge in [-0.1, -0.05) is 23.2 Å². The van der Waals surface area contributed by atoms with E-state index < -0.39 is 0 Å². The molecule has 0 saturated heterocycles. The number of rotatable bonds is 3. The van der Waals surface area contributed by atoms with Gasteiger partial charge in [0.2, 0.25) is 0 Å². The maximum absolute atomic E-state index is 6.47. The second kappa shape index (κ2) is 6.60. The number of hydrogen-bond donors (Lipinski definition) is 0. The average molecular weight is 381 g/mol. The summed E-state index contributed by atoms with van der Waals surface area (Å²) in [5.74, 6) is 1.50. The maximum atomic E-state index is 6.47. The highest BCUT2D eigenvalue weighted by Crippen LogP contribution is 2.38. The number of aromatic nitrogens is 2. The van der Waals surface area contributed by atoms with E-state index in [0.717, 1.165) is 38.8 Å². The summed E-state index contributed by atoms with van der Waals surface area (Å²) < 4.78 is 0. The van der Waals surface area contributed by atoms with Crippen molar-refractivity contribution in [3.63, 3.8) is 0 Å². The zero-order chi connectivity index (χ0) is 15.8. The van der Waals surface area contributed by atoms with Crippen LogP contribution in [-0.2, 0) is 18.6 Å². The third kappa shape index (κ3) is 3.22. The Bertz CT molecular complexity index is 859. The van der Waals surface area contributed by atoms with Crippen LogP contribution in [0.1, 0.15) is 29.1 Å². The summed E-state index contributed by atoms with van der Waals surface area (Å²) in [5, 5.41) is 2.45. The summed E-state index contributed by atoms with van der Waals surface area (Å²) >= 11 is 15.9. The number of fused-ring (bicyclic) bond motifs is 3. The van der Waals surface area contributed by atoms with E-state index in [1.165, 1.54) is 23.3 Å².